The van der Waals surface area contributed by atoms with Gasteiger partial charge < -0.3 is 15.6 Å². The number of carboxylic acids is 1. The maximum Gasteiger partial charge on any atom is 0.342 e. The van der Waals surface area contributed by atoms with Crippen LogP contribution in [0.25, 0.3) is 11.2 Å². The summed E-state index contributed by atoms with van der Waals surface area (Å²) in [6, 6.07) is 11.8. The molecule has 3 aromatic heterocycles. The molecular formula is C27H24F2N6O7S. The van der Waals surface area contributed by atoms with Crippen molar-refractivity contribution in [3.05, 3.63) is 111 Å². The number of benzene rings is 2. The first-order chi connectivity index (χ1) is 20.3. The van der Waals surface area contributed by atoms with Crippen LogP contribution in [0.4, 0.5) is 20.2 Å². The Labute approximate surface area is 242 Å². The molecule has 0 radical (unpaired) electrons. The fraction of sp³-hybridized carbons (Fsp3) is 0.111. The van der Waals surface area contributed by atoms with Gasteiger partial charge in [-0.25, -0.2) is 35.9 Å². The van der Waals surface area contributed by atoms with Gasteiger partial charge in [0.1, 0.15) is 16.9 Å². The zero-order chi connectivity index (χ0) is 31.5. The number of fused-ring (bicyclic) bond motifs is 1. The smallest absolute Gasteiger partial charge is 0.342 e. The van der Waals surface area contributed by atoms with Gasteiger partial charge in [-0.05, 0) is 49.4 Å². The minimum atomic E-state index is -3.47. The first-order valence-corrected chi connectivity index (χ1v) is 14.2. The van der Waals surface area contributed by atoms with Gasteiger partial charge in [0, 0.05) is 30.6 Å². The summed E-state index contributed by atoms with van der Waals surface area (Å²) in [5.74, 6) is -2.34. The lowest BCUT2D eigenvalue weighted by atomic mass is 10.3. The number of sulfonamides is 1. The summed E-state index contributed by atoms with van der Waals surface area (Å²) < 4.78 is 60.7. The standard InChI is InChI=1S/C14H13FN4O3S.C13H11FN2O4/c1-23(20,21)18-10-7-14(12-4-5-17-19(12)8-10)22-13-3-2-9(16)6-11(13)15;1-2-15-7-10(12(18)19)11(17)16(13(15)20)9-5-3-8(14)4-6-9/h2-8,18H,16H2,1H3;3-7H,2H2,1H3,(H,18,19). The van der Waals surface area contributed by atoms with E-state index >= 15 is 0 Å². The number of carbonyl (C=O) groups is 1. The van der Waals surface area contributed by atoms with Crippen molar-refractivity contribution in [2.75, 3.05) is 16.7 Å². The van der Waals surface area contributed by atoms with E-state index in [1.807, 2.05) is 0 Å². The molecule has 0 spiro atoms. The molecule has 5 rings (SSSR count). The normalized spacial score (nSPS) is 11.1. The number of halogens is 2. The van der Waals surface area contributed by atoms with Crippen LogP contribution in [0.3, 0.4) is 0 Å². The molecule has 0 bridgehead atoms. The van der Waals surface area contributed by atoms with E-state index in [0.717, 1.165) is 35.2 Å². The minimum absolute atomic E-state index is 0.0289. The number of nitrogen functional groups attached to an aromatic ring is 1. The zero-order valence-electron chi connectivity index (χ0n) is 22.6. The Balaban J connectivity index is 0.000000199. The van der Waals surface area contributed by atoms with Gasteiger partial charge in [0.05, 0.1) is 30.0 Å². The van der Waals surface area contributed by atoms with E-state index in [-0.39, 0.29) is 35.1 Å². The number of rotatable bonds is 7. The highest BCUT2D eigenvalue weighted by molar-refractivity contribution is 7.92. The number of aryl methyl sites for hydroxylation is 1. The van der Waals surface area contributed by atoms with E-state index in [2.05, 4.69) is 9.82 Å². The van der Waals surface area contributed by atoms with Crippen LogP contribution in [0, 0.1) is 11.6 Å². The molecule has 0 saturated carbocycles. The quantitative estimate of drug-likeness (QED) is 0.232. The highest BCUT2D eigenvalue weighted by Crippen LogP contribution is 2.31. The summed E-state index contributed by atoms with van der Waals surface area (Å²) in [6.45, 7) is 1.85. The maximum absolute atomic E-state index is 13.9. The van der Waals surface area contributed by atoms with Gasteiger partial charge in [-0.15, -0.1) is 0 Å². The van der Waals surface area contributed by atoms with Crippen molar-refractivity contribution in [1.82, 2.24) is 18.7 Å². The molecule has 0 fully saturated rings. The van der Waals surface area contributed by atoms with Crippen LogP contribution in [0.2, 0.25) is 0 Å². The van der Waals surface area contributed by atoms with E-state index in [1.54, 1.807) is 13.0 Å². The fourth-order valence-corrected chi connectivity index (χ4v) is 4.40. The van der Waals surface area contributed by atoms with Crippen molar-refractivity contribution in [2.24, 2.45) is 0 Å². The lowest BCUT2D eigenvalue weighted by Gasteiger charge is -2.11. The molecule has 5 aromatic rings. The predicted molar refractivity (Wildman–Crippen MR) is 153 cm³/mol. The van der Waals surface area contributed by atoms with Gasteiger partial charge >= 0.3 is 11.7 Å². The number of nitrogens with two attached hydrogens (primary N) is 1. The van der Waals surface area contributed by atoms with Crippen LogP contribution in [-0.4, -0.2) is 44.5 Å². The molecule has 43 heavy (non-hydrogen) atoms. The third-order valence-corrected chi connectivity index (χ3v) is 6.37. The molecule has 2 aromatic carbocycles. The monoisotopic (exact) mass is 614 g/mol. The Bertz CT molecular complexity index is 2060. The third kappa shape index (κ3) is 7.05. The third-order valence-electron chi connectivity index (χ3n) is 5.76. The summed E-state index contributed by atoms with van der Waals surface area (Å²) >= 11 is 0. The van der Waals surface area contributed by atoms with Crippen molar-refractivity contribution < 1.29 is 31.8 Å². The Morgan fingerprint density at radius 3 is 2.35 bits per heavy atom. The van der Waals surface area contributed by atoms with Gasteiger partial charge in [0.15, 0.2) is 17.3 Å². The molecular weight excluding hydrogens is 590 g/mol. The van der Waals surface area contributed by atoms with E-state index < -0.39 is 44.4 Å². The van der Waals surface area contributed by atoms with Crippen molar-refractivity contribution in [1.29, 1.82) is 0 Å². The summed E-state index contributed by atoms with van der Waals surface area (Å²) in [4.78, 5) is 35.2. The maximum atomic E-state index is 13.9. The second-order valence-corrected chi connectivity index (χ2v) is 10.7. The van der Waals surface area contributed by atoms with Gasteiger partial charge in [-0.1, -0.05) is 0 Å². The lowest BCUT2D eigenvalue weighted by molar-refractivity contribution is 0.0693. The highest BCUT2D eigenvalue weighted by atomic mass is 32.2. The number of hydrogen-bond donors (Lipinski definition) is 3. The number of aromatic carboxylic acids is 1. The van der Waals surface area contributed by atoms with Crippen molar-refractivity contribution in [3.8, 4) is 17.2 Å². The molecule has 0 amide bonds. The van der Waals surface area contributed by atoms with Crippen LogP contribution in [0.1, 0.15) is 17.3 Å². The van der Waals surface area contributed by atoms with Gasteiger partial charge in [0.25, 0.3) is 5.56 Å². The summed E-state index contributed by atoms with van der Waals surface area (Å²) in [5.41, 5.74) is 4.56. The topological polar surface area (TPSA) is 180 Å². The van der Waals surface area contributed by atoms with Gasteiger partial charge in [0.2, 0.25) is 10.0 Å². The zero-order valence-corrected chi connectivity index (χ0v) is 23.4. The predicted octanol–water partition coefficient (Wildman–Crippen LogP) is 3.08. The minimum Gasteiger partial charge on any atom is -0.477 e. The number of nitrogens with one attached hydrogen (secondary N) is 1. The average Bonchev–Trinajstić information content (AvgIpc) is 3.40. The van der Waals surface area contributed by atoms with E-state index in [0.29, 0.717) is 10.1 Å². The Kier molecular flexibility index (Phi) is 8.61. The number of aromatic nitrogens is 4. The molecule has 0 aliphatic carbocycles. The number of carboxylic acid groups (broad SMARTS) is 1. The Morgan fingerprint density at radius 2 is 1.74 bits per heavy atom. The second-order valence-electron chi connectivity index (χ2n) is 8.95. The summed E-state index contributed by atoms with van der Waals surface area (Å²) in [6.07, 6.45) is 5.04. The Hall–Kier alpha value is -5.51. The van der Waals surface area contributed by atoms with Crippen molar-refractivity contribution in [3.63, 3.8) is 0 Å². The first-order valence-electron chi connectivity index (χ1n) is 12.3. The molecule has 4 N–H and O–H groups in total. The van der Waals surface area contributed by atoms with Crippen LogP contribution in [-0.2, 0) is 16.6 Å². The summed E-state index contributed by atoms with van der Waals surface area (Å²) in [7, 11) is -3.47. The summed E-state index contributed by atoms with van der Waals surface area (Å²) in [5, 5.41) is 13.0. The highest BCUT2D eigenvalue weighted by Gasteiger charge is 2.17. The molecule has 224 valence electrons. The van der Waals surface area contributed by atoms with Crippen LogP contribution < -0.4 is 26.4 Å². The van der Waals surface area contributed by atoms with E-state index in [4.69, 9.17) is 15.6 Å². The molecule has 0 atom stereocenters. The van der Waals surface area contributed by atoms with Crippen LogP contribution in [0.15, 0.2) is 82.8 Å². The fourth-order valence-electron chi connectivity index (χ4n) is 3.86. The number of anilines is 2. The van der Waals surface area contributed by atoms with Crippen molar-refractivity contribution in [2.45, 2.75) is 13.5 Å². The van der Waals surface area contributed by atoms with Gasteiger partial charge in [-0.2, -0.15) is 5.10 Å². The molecule has 16 heteroatoms. The van der Waals surface area contributed by atoms with Crippen molar-refractivity contribution >= 4 is 32.9 Å². The largest absolute Gasteiger partial charge is 0.477 e. The number of nitrogens with zero attached hydrogens (tertiary/aromatic N) is 4. The Morgan fingerprint density at radius 1 is 1.05 bits per heavy atom. The van der Waals surface area contributed by atoms with E-state index in [1.165, 1.54) is 47.2 Å². The lowest BCUT2D eigenvalue weighted by Crippen LogP contribution is -2.41. The molecule has 0 saturated heterocycles. The number of hydrogen-bond acceptors (Lipinski definition) is 8. The first kappa shape index (κ1) is 30.4. The number of ether oxygens (including phenoxy) is 1. The molecule has 3 heterocycles. The molecule has 0 aliphatic heterocycles. The molecule has 0 aliphatic rings. The van der Waals surface area contributed by atoms with Crippen LogP contribution >= 0.6 is 0 Å². The van der Waals surface area contributed by atoms with Gasteiger partial charge in [-0.3, -0.25) is 14.1 Å². The number of pyridine rings is 1. The van der Waals surface area contributed by atoms with Crippen LogP contribution in [0.5, 0.6) is 11.5 Å². The average molecular weight is 615 g/mol. The SMILES string of the molecule is CCn1cc(C(=O)O)c(=O)n(-c2ccc(F)cc2)c1=O.CS(=O)(=O)Nc1cc(Oc2ccc(N)cc2F)c2ccnn2c1. The van der Waals surface area contributed by atoms with E-state index in [9.17, 15) is 31.6 Å². The molecule has 13 nitrogen and oxygen atoms in total. The molecule has 0 unspecified atom stereocenters. The second kappa shape index (κ2) is 12.2.